The molecule has 0 N–H and O–H groups in total. The standard InChI is InChI=1S/C12H22F2O2S/c1-3-5-8-16-12(15)10(6-4-2)17-9-7-11(13)14/h10-11H,3-9H2,1-2H3. The molecule has 102 valence electrons. The summed E-state index contributed by atoms with van der Waals surface area (Å²) in [6.07, 6.45) is 0.929. The van der Waals surface area contributed by atoms with E-state index < -0.39 is 6.43 Å². The molecule has 0 bridgehead atoms. The van der Waals surface area contributed by atoms with E-state index in [4.69, 9.17) is 4.74 Å². The zero-order valence-corrected chi connectivity index (χ0v) is 11.4. The molecule has 0 aliphatic heterocycles. The fraction of sp³-hybridized carbons (Fsp3) is 0.917. The summed E-state index contributed by atoms with van der Waals surface area (Å²) in [5, 5.41) is -0.282. The van der Waals surface area contributed by atoms with Crippen molar-refractivity contribution in [3.05, 3.63) is 0 Å². The van der Waals surface area contributed by atoms with Crippen LogP contribution in [0.2, 0.25) is 0 Å². The summed E-state index contributed by atoms with van der Waals surface area (Å²) in [7, 11) is 0. The maximum Gasteiger partial charge on any atom is 0.319 e. The Balaban J connectivity index is 3.89. The van der Waals surface area contributed by atoms with Crippen molar-refractivity contribution in [1.82, 2.24) is 0 Å². The first-order chi connectivity index (χ1) is 8.11. The quantitative estimate of drug-likeness (QED) is 0.444. The second-order valence-corrected chi connectivity index (χ2v) is 5.16. The molecule has 0 aromatic carbocycles. The molecule has 0 radical (unpaired) electrons. The molecule has 0 rings (SSSR count). The highest BCUT2D eigenvalue weighted by Gasteiger charge is 2.19. The van der Waals surface area contributed by atoms with Gasteiger partial charge in [-0.25, -0.2) is 8.78 Å². The predicted octanol–water partition coefficient (Wildman–Crippen LogP) is 3.89. The molecular formula is C12H22F2O2S. The molecule has 17 heavy (non-hydrogen) atoms. The van der Waals surface area contributed by atoms with Crippen molar-refractivity contribution < 1.29 is 18.3 Å². The van der Waals surface area contributed by atoms with Gasteiger partial charge in [-0.15, -0.1) is 11.8 Å². The molecule has 0 amide bonds. The number of thioether (sulfide) groups is 1. The maximum atomic E-state index is 12.0. The Hall–Kier alpha value is -0.320. The van der Waals surface area contributed by atoms with Crippen LogP contribution in [0.1, 0.15) is 46.0 Å². The van der Waals surface area contributed by atoms with Crippen LogP contribution >= 0.6 is 11.8 Å². The first-order valence-electron chi connectivity index (χ1n) is 6.18. The number of hydrogen-bond acceptors (Lipinski definition) is 3. The van der Waals surface area contributed by atoms with Gasteiger partial charge in [-0.2, -0.15) is 0 Å². The summed E-state index contributed by atoms with van der Waals surface area (Å²) < 4.78 is 29.1. The van der Waals surface area contributed by atoms with Gasteiger partial charge in [-0.1, -0.05) is 26.7 Å². The van der Waals surface area contributed by atoms with Gasteiger partial charge in [0.1, 0.15) is 5.25 Å². The lowest BCUT2D eigenvalue weighted by atomic mass is 10.2. The summed E-state index contributed by atoms with van der Waals surface area (Å²) in [6, 6.07) is 0. The third kappa shape index (κ3) is 9.39. The minimum Gasteiger partial charge on any atom is -0.465 e. The van der Waals surface area contributed by atoms with Crippen molar-refractivity contribution in [2.24, 2.45) is 0 Å². The molecule has 2 nitrogen and oxygen atoms in total. The fourth-order valence-corrected chi connectivity index (χ4v) is 2.45. The van der Waals surface area contributed by atoms with E-state index >= 15 is 0 Å². The zero-order valence-electron chi connectivity index (χ0n) is 10.6. The SMILES string of the molecule is CCCCOC(=O)C(CCC)SCCC(F)F. The van der Waals surface area contributed by atoms with Gasteiger partial charge in [0.2, 0.25) is 6.43 Å². The zero-order chi connectivity index (χ0) is 13.1. The molecule has 0 saturated heterocycles. The van der Waals surface area contributed by atoms with E-state index in [-0.39, 0.29) is 17.6 Å². The van der Waals surface area contributed by atoms with Crippen LogP contribution in [-0.2, 0) is 9.53 Å². The van der Waals surface area contributed by atoms with Crippen LogP contribution in [-0.4, -0.2) is 30.0 Å². The number of carbonyl (C=O) groups excluding carboxylic acids is 1. The van der Waals surface area contributed by atoms with Gasteiger partial charge < -0.3 is 4.74 Å². The predicted molar refractivity (Wildman–Crippen MR) is 67.6 cm³/mol. The molecule has 0 aliphatic carbocycles. The van der Waals surface area contributed by atoms with Crippen molar-refractivity contribution in [2.75, 3.05) is 12.4 Å². The Morgan fingerprint density at radius 2 is 1.94 bits per heavy atom. The molecule has 0 saturated carbocycles. The molecule has 0 heterocycles. The van der Waals surface area contributed by atoms with Crippen LogP contribution in [0.4, 0.5) is 8.78 Å². The smallest absolute Gasteiger partial charge is 0.319 e. The van der Waals surface area contributed by atoms with E-state index in [2.05, 4.69) is 0 Å². The summed E-state index contributed by atoms with van der Waals surface area (Å²) >= 11 is 1.29. The lowest BCUT2D eigenvalue weighted by Gasteiger charge is -2.14. The van der Waals surface area contributed by atoms with Gasteiger partial charge >= 0.3 is 5.97 Å². The number of halogens is 2. The maximum absolute atomic E-state index is 12.0. The van der Waals surface area contributed by atoms with Crippen LogP contribution in [0.15, 0.2) is 0 Å². The van der Waals surface area contributed by atoms with E-state index in [0.29, 0.717) is 18.8 Å². The lowest BCUT2D eigenvalue weighted by molar-refractivity contribution is -0.143. The molecule has 1 unspecified atom stereocenters. The average molecular weight is 268 g/mol. The topological polar surface area (TPSA) is 26.3 Å². The van der Waals surface area contributed by atoms with Crippen molar-refractivity contribution in [2.45, 2.75) is 57.6 Å². The number of ether oxygens (including phenoxy) is 1. The third-order valence-electron chi connectivity index (χ3n) is 2.21. The number of rotatable bonds is 10. The van der Waals surface area contributed by atoms with E-state index in [1.54, 1.807) is 0 Å². The summed E-state index contributed by atoms with van der Waals surface area (Å²) in [4.78, 5) is 11.7. The van der Waals surface area contributed by atoms with Crippen LogP contribution in [0.25, 0.3) is 0 Å². The van der Waals surface area contributed by atoms with Gasteiger partial charge in [0.15, 0.2) is 0 Å². The highest BCUT2D eigenvalue weighted by atomic mass is 32.2. The van der Waals surface area contributed by atoms with Crippen molar-refractivity contribution >= 4 is 17.7 Å². The second kappa shape index (κ2) is 10.8. The Kier molecular flexibility index (Phi) is 10.6. The monoisotopic (exact) mass is 268 g/mol. The number of unbranched alkanes of at least 4 members (excludes halogenated alkanes) is 1. The second-order valence-electron chi connectivity index (χ2n) is 3.85. The number of hydrogen-bond donors (Lipinski definition) is 0. The van der Waals surface area contributed by atoms with Gasteiger partial charge in [0.05, 0.1) is 6.61 Å². The minimum absolute atomic E-state index is 0.160. The normalized spacial score (nSPS) is 12.8. The van der Waals surface area contributed by atoms with E-state index in [1.807, 2.05) is 13.8 Å². The first kappa shape index (κ1) is 16.7. The fourth-order valence-electron chi connectivity index (χ4n) is 1.24. The van der Waals surface area contributed by atoms with Crippen LogP contribution in [0.5, 0.6) is 0 Å². The highest BCUT2D eigenvalue weighted by Crippen LogP contribution is 2.20. The molecule has 0 fully saturated rings. The van der Waals surface area contributed by atoms with Gasteiger partial charge in [0, 0.05) is 6.42 Å². The summed E-state index contributed by atoms with van der Waals surface area (Å²) in [6.45, 7) is 4.43. The van der Waals surface area contributed by atoms with E-state index in [0.717, 1.165) is 19.3 Å². The molecule has 1 atom stereocenters. The van der Waals surface area contributed by atoms with Crippen LogP contribution in [0, 0.1) is 0 Å². The van der Waals surface area contributed by atoms with Crippen LogP contribution < -0.4 is 0 Å². The Labute approximate surface area is 106 Å². The summed E-state index contributed by atoms with van der Waals surface area (Å²) in [5.74, 6) is 0.0603. The number of carbonyl (C=O) groups is 1. The Bertz CT molecular complexity index is 201. The average Bonchev–Trinajstić information content (AvgIpc) is 2.27. The summed E-state index contributed by atoms with van der Waals surface area (Å²) in [5.41, 5.74) is 0. The minimum atomic E-state index is -2.29. The van der Waals surface area contributed by atoms with Crippen molar-refractivity contribution in [1.29, 1.82) is 0 Å². The first-order valence-corrected chi connectivity index (χ1v) is 7.23. The van der Waals surface area contributed by atoms with Crippen molar-refractivity contribution in [3.8, 4) is 0 Å². The van der Waals surface area contributed by atoms with Gasteiger partial charge in [-0.3, -0.25) is 4.79 Å². The molecular weight excluding hydrogens is 246 g/mol. The molecule has 0 aromatic rings. The van der Waals surface area contributed by atoms with Gasteiger partial charge in [-0.05, 0) is 18.6 Å². The third-order valence-corrected chi connectivity index (χ3v) is 3.51. The molecule has 5 heteroatoms. The molecule has 0 aromatic heterocycles. The highest BCUT2D eigenvalue weighted by molar-refractivity contribution is 8.00. The molecule has 0 aliphatic rings. The van der Waals surface area contributed by atoms with Gasteiger partial charge in [0.25, 0.3) is 0 Å². The lowest BCUT2D eigenvalue weighted by Crippen LogP contribution is -2.21. The van der Waals surface area contributed by atoms with E-state index in [1.165, 1.54) is 11.8 Å². The Morgan fingerprint density at radius 3 is 2.47 bits per heavy atom. The molecule has 0 spiro atoms. The van der Waals surface area contributed by atoms with Crippen LogP contribution in [0.3, 0.4) is 0 Å². The number of alkyl halides is 2. The van der Waals surface area contributed by atoms with E-state index in [9.17, 15) is 13.6 Å². The Morgan fingerprint density at radius 1 is 1.24 bits per heavy atom. The van der Waals surface area contributed by atoms with Crippen molar-refractivity contribution in [3.63, 3.8) is 0 Å². The number of esters is 1. The largest absolute Gasteiger partial charge is 0.465 e.